The summed E-state index contributed by atoms with van der Waals surface area (Å²) in [6.07, 6.45) is -3.04. The molecule has 2 aliphatic heterocycles. The van der Waals surface area contributed by atoms with Crippen LogP contribution in [0.5, 0.6) is 5.75 Å². The van der Waals surface area contributed by atoms with Gasteiger partial charge in [-0.2, -0.15) is 0 Å². The van der Waals surface area contributed by atoms with Crippen LogP contribution < -0.4 is 10.1 Å². The van der Waals surface area contributed by atoms with Gasteiger partial charge in [0.05, 0.1) is 6.61 Å². The number of fused-ring (bicyclic) bond motifs is 2. The van der Waals surface area contributed by atoms with E-state index >= 15 is 0 Å². The number of carbonyl (C=O) groups is 1. The third kappa shape index (κ3) is 3.71. The molecule has 0 unspecified atom stereocenters. The molecule has 2 aliphatic rings. The molecule has 0 aromatic heterocycles. The van der Waals surface area contributed by atoms with Gasteiger partial charge in [-0.1, -0.05) is 36.4 Å². The molecule has 2 saturated heterocycles. The lowest BCUT2D eigenvalue weighted by Gasteiger charge is -2.49. The van der Waals surface area contributed by atoms with Crippen molar-refractivity contribution in [2.45, 2.75) is 57.2 Å². The van der Waals surface area contributed by atoms with Crippen molar-refractivity contribution >= 4 is 16.7 Å². The van der Waals surface area contributed by atoms with Gasteiger partial charge in [-0.3, -0.25) is 4.79 Å². The van der Waals surface area contributed by atoms with E-state index in [4.69, 9.17) is 18.9 Å². The van der Waals surface area contributed by atoms with Gasteiger partial charge in [-0.15, -0.1) is 0 Å². The molecule has 0 radical (unpaired) electrons. The molecule has 0 aliphatic carbocycles. The molecule has 0 bridgehead atoms. The molecule has 2 aromatic carbocycles. The number of nitrogens with one attached hydrogen (secondary N) is 1. The summed E-state index contributed by atoms with van der Waals surface area (Å²) in [6, 6.07) is 12.8. The largest absolute Gasteiger partial charge is 0.462 e. The van der Waals surface area contributed by atoms with E-state index in [0.29, 0.717) is 5.75 Å². The van der Waals surface area contributed by atoms with Gasteiger partial charge in [0.25, 0.3) is 0 Å². The fourth-order valence-corrected chi connectivity index (χ4v) is 3.76. The van der Waals surface area contributed by atoms with E-state index in [0.717, 1.165) is 10.8 Å². The third-order valence-corrected chi connectivity index (χ3v) is 5.05. The maximum Gasteiger partial charge on any atom is 0.223 e. The van der Waals surface area contributed by atoms with E-state index in [1.807, 2.05) is 42.5 Å². The second-order valence-corrected chi connectivity index (χ2v) is 7.65. The molecular formula is C21H25NO6. The number of carbonyl (C=O) groups excluding carboxylic acids is 1. The highest BCUT2D eigenvalue weighted by Gasteiger charge is 2.52. The zero-order valence-corrected chi connectivity index (χ0v) is 16.1. The molecule has 2 heterocycles. The molecular weight excluding hydrogens is 362 g/mol. The molecule has 7 heteroatoms. The van der Waals surface area contributed by atoms with Crippen molar-refractivity contribution in [3.63, 3.8) is 0 Å². The van der Waals surface area contributed by atoms with Crippen LogP contribution in [-0.2, 0) is 19.0 Å². The predicted octanol–water partition coefficient (Wildman–Crippen LogP) is 1.96. The van der Waals surface area contributed by atoms with Crippen LogP contribution in [0.15, 0.2) is 42.5 Å². The van der Waals surface area contributed by atoms with Crippen molar-refractivity contribution in [2.75, 3.05) is 6.61 Å². The average molecular weight is 387 g/mol. The van der Waals surface area contributed by atoms with Gasteiger partial charge in [0.1, 0.15) is 30.1 Å². The van der Waals surface area contributed by atoms with Crippen molar-refractivity contribution in [1.29, 1.82) is 0 Å². The zero-order valence-electron chi connectivity index (χ0n) is 16.1. The van der Waals surface area contributed by atoms with Crippen LogP contribution in [0, 0.1) is 0 Å². The first kappa shape index (κ1) is 19.1. The first-order valence-electron chi connectivity index (χ1n) is 9.41. The SMILES string of the molecule is CC(=O)N[C@@H]1[C@H](Oc2cccc3ccccc23)O[C@@H]2COC(C)(C)O[C@@H]2[C@@H]1O. The maximum atomic E-state index is 11.8. The summed E-state index contributed by atoms with van der Waals surface area (Å²) >= 11 is 0. The van der Waals surface area contributed by atoms with Crippen molar-refractivity contribution < 1.29 is 28.8 Å². The highest BCUT2D eigenvalue weighted by molar-refractivity contribution is 5.88. The zero-order chi connectivity index (χ0) is 19.9. The fourth-order valence-electron chi connectivity index (χ4n) is 3.76. The highest BCUT2D eigenvalue weighted by atomic mass is 16.8. The standard InChI is InChI=1S/C21H25NO6/c1-12(23)22-17-18(24)19-16(11-25-21(2,3)28-19)27-20(17)26-15-10-6-8-13-7-4-5-9-14(13)15/h4-10,16-20,24H,11H2,1-3H3,(H,22,23)/t16-,17+,18-,19+,20-/m1/s1. The Morgan fingerprint density at radius 2 is 1.96 bits per heavy atom. The smallest absolute Gasteiger partial charge is 0.223 e. The van der Waals surface area contributed by atoms with Gasteiger partial charge < -0.3 is 29.4 Å². The van der Waals surface area contributed by atoms with Crippen LogP contribution in [0.1, 0.15) is 20.8 Å². The van der Waals surface area contributed by atoms with E-state index in [-0.39, 0.29) is 12.5 Å². The number of rotatable bonds is 3. The number of aliphatic hydroxyl groups is 1. The van der Waals surface area contributed by atoms with Crippen LogP contribution in [0.2, 0.25) is 0 Å². The lowest BCUT2D eigenvalue weighted by atomic mass is 9.95. The van der Waals surface area contributed by atoms with Gasteiger partial charge in [-0.25, -0.2) is 0 Å². The van der Waals surface area contributed by atoms with Crippen LogP contribution in [0.3, 0.4) is 0 Å². The van der Waals surface area contributed by atoms with Crippen molar-refractivity contribution in [2.24, 2.45) is 0 Å². The van der Waals surface area contributed by atoms with Gasteiger partial charge in [0.2, 0.25) is 12.2 Å². The molecule has 2 N–H and O–H groups in total. The monoisotopic (exact) mass is 387 g/mol. The lowest BCUT2D eigenvalue weighted by Crippen LogP contribution is -2.69. The van der Waals surface area contributed by atoms with Crippen LogP contribution in [0.4, 0.5) is 0 Å². The van der Waals surface area contributed by atoms with Gasteiger partial charge >= 0.3 is 0 Å². The average Bonchev–Trinajstić information content (AvgIpc) is 2.65. The topological polar surface area (TPSA) is 86.3 Å². The summed E-state index contributed by atoms with van der Waals surface area (Å²) in [5, 5.41) is 15.6. The molecule has 4 rings (SSSR count). The van der Waals surface area contributed by atoms with E-state index in [1.54, 1.807) is 13.8 Å². The summed E-state index contributed by atoms with van der Waals surface area (Å²) in [5.74, 6) is -0.513. The minimum Gasteiger partial charge on any atom is -0.462 e. The van der Waals surface area contributed by atoms with Crippen LogP contribution >= 0.6 is 0 Å². The number of amides is 1. The quantitative estimate of drug-likeness (QED) is 0.837. The van der Waals surface area contributed by atoms with E-state index in [2.05, 4.69) is 5.32 Å². The molecule has 150 valence electrons. The second kappa shape index (κ2) is 7.33. The van der Waals surface area contributed by atoms with Crippen molar-refractivity contribution in [3.05, 3.63) is 42.5 Å². The minimum absolute atomic E-state index is 0.261. The van der Waals surface area contributed by atoms with Crippen molar-refractivity contribution in [1.82, 2.24) is 5.32 Å². The molecule has 28 heavy (non-hydrogen) atoms. The summed E-state index contributed by atoms with van der Waals surface area (Å²) < 4.78 is 23.8. The first-order chi connectivity index (χ1) is 13.3. The lowest BCUT2D eigenvalue weighted by molar-refractivity contribution is -0.361. The number of ether oxygens (including phenoxy) is 4. The molecule has 5 atom stereocenters. The normalized spacial score (nSPS) is 31.8. The first-order valence-corrected chi connectivity index (χ1v) is 9.41. The minimum atomic E-state index is -1.01. The summed E-state index contributed by atoms with van der Waals surface area (Å²) in [6.45, 7) is 5.21. The second-order valence-electron chi connectivity index (χ2n) is 7.65. The predicted molar refractivity (Wildman–Crippen MR) is 102 cm³/mol. The van der Waals surface area contributed by atoms with E-state index in [1.165, 1.54) is 6.92 Å². The van der Waals surface area contributed by atoms with Gasteiger partial charge in [0, 0.05) is 12.3 Å². The van der Waals surface area contributed by atoms with Crippen LogP contribution in [0.25, 0.3) is 10.8 Å². The van der Waals surface area contributed by atoms with E-state index in [9.17, 15) is 9.90 Å². The highest BCUT2D eigenvalue weighted by Crippen LogP contribution is 2.34. The molecule has 2 fully saturated rings. The molecule has 7 nitrogen and oxygen atoms in total. The Hall–Kier alpha value is -2.19. The summed E-state index contributed by atoms with van der Waals surface area (Å²) in [7, 11) is 0. The number of benzene rings is 2. The number of hydrogen-bond donors (Lipinski definition) is 2. The Balaban J connectivity index is 1.63. The fraction of sp³-hybridized carbons (Fsp3) is 0.476. The molecule has 1 amide bonds. The summed E-state index contributed by atoms with van der Waals surface area (Å²) in [5.41, 5.74) is 0. The van der Waals surface area contributed by atoms with Crippen molar-refractivity contribution in [3.8, 4) is 5.75 Å². The Labute approximate surface area is 163 Å². The Morgan fingerprint density at radius 3 is 2.75 bits per heavy atom. The Bertz CT molecular complexity index is 864. The molecule has 0 saturated carbocycles. The van der Waals surface area contributed by atoms with Gasteiger partial charge in [0.15, 0.2) is 5.79 Å². The Morgan fingerprint density at radius 1 is 1.21 bits per heavy atom. The number of hydrogen-bond acceptors (Lipinski definition) is 6. The van der Waals surface area contributed by atoms with E-state index < -0.39 is 36.4 Å². The number of aliphatic hydroxyl groups excluding tert-OH is 1. The van der Waals surface area contributed by atoms with Gasteiger partial charge in [-0.05, 0) is 25.3 Å². The third-order valence-electron chi connectivity index (χ3n) is 5.05. The van der Waals surface area contributed by atoms with Crippen LogP contribution in [-0.4, -0.2) is 54.1 Å². The molecule has 0 spiro atoms. The molecule has 2 aromatic rings. The Kier molecular flexibility index (Phi) is 5.01. The summed E-state index contributed by atoms with van der Waals surface area (Å²) in [4.78, 5) is 11.8. The maximum absolute atomic E-state index is 11.8.